The molecule has 1 amide bonds. The summed E-state index contributed by atoms with van der Waals surface area (Å²) in [5.41, 5.74) is 0. The molecule has 1 rings (SSSR count). The second-order valence-corrected chi connectivity index (χ2v) is 2.39. The topological polar surface area (TPSA) is 81.5 Å². The molecule has 0 saturated carbocycles. The van der Waals surface area contributed by atoms with E-state index in [1.807, 2.05) is 0 Å². The van der Waals surface area contributed by atoms with Gasteiger partial charge in [0, 0.05) is 12.8 Å². The van der Waals surface area contributed by atoms with Gasteiger partial charge in [0.05, 0.1) is 5.92 Å². The van der Waals surface area contributed by atoms with Crippen molar-refractivity contribution in [3.05, 3.63) is 0 Å². The van der Waals surface area contributed by atoms with E-state index >= 15 is 0 Å². The lowest BCUT2D eigenvalue weighted by molar-refractivity contribution is -0.152. The molecule has 1 fully saturated rings. The van der Waals surface area contributed by atoms with Gasteiger partial charge < -0.3 is 15.4 Å². The second-order valence-electron chi connectivity index (χ2n) is 2.39. The number of β-lactam (4-membered cyclic amide) rings is 1. The van der Waals surface area contributed by atoms with Crippen LogP contribution in [0.15, 0.2) is 0 Å². The predicted octanol–water partition coefficient (Wildman–Crippen LogP) is -0.821. The summed E-state index contributed by atoms with van der Waals surface area (Å²) in [6.45, 7) is 0.123. The molecule has 1 atom stereocenters. The highest BCUT2D eigenvalue weighted by atomic mass is 16.4. The minimum absolute atomic E-state index is 0.247. The van der Waals surface area contributed by atoms with E-state index in [0.717, 1.165) is 6.21 Å². The molecule has 0 radical (unpaired) electrons. The average molecular weight is 156 g/mol. The standard InChI is InChI=1S/C6H8N2O3/c7-1-4-2-8(6(4)11)3-5(9)10/h1,4,7H,2-3H2,(H,9,10). The van der Waals surface area contributed by atoms with Crippen molar-refractivity contribution in [2.24, 2.45) is 5.92 Å². The molecular formula is C6H8N2O3. The summed E-state index contributed by atoms with van der Waals surface area (Å²) >= 11 is 0. The molecule has 1 aliphatic heterocycles. The maximum absolute atomic E-state index is 10.8. The van der Waals surface area contributed by atoms with Gasteiger partial charge in [0.25, 0.3) is 0 Å². The fourth-order valence-corrected chi connectivity index (χ4v) is 0.957. The van der Waals surface area contributed by atoms with Crippen molar-refractivity contribution < 1.29 is 14.7 Å². The quantitative estimate of drug-likeness (QED) is 0.413. The molecular weight excluding hydrogens is 148 g/mol. The summed E-state index contributed by atoms with van der Waals surface area (Å²) in [6, 6.07) is 0. The van der Waals surface area contributed by atoms with Crippen molar-refractivity contribution in [1.29, 1.82) is 5.41 Å². The summed E-state index contributed by atoms with van der Waals surface area (Å²) in [6.07, 6.45) is 1.04. The number of carbonyl (C=O) groups excluding carboxylic acids is 1. The molecule has 1 heterocycles. The maximum Gasteiger partial charge on any atom is 0.323 e. The number of carbonyl (C=O) groups is 2. The molecule has 0 spiro atoms. The van der Waals surface area contributed by atoms with Gasteiger partial charge in [-0.1, -0.05) is 0 Å². The minimum Gasteiger partial charge on any atom is -0.480 e. The smallest absolute Gasteiger partial charge is 0.323 e. The monoisotopic (exact) mass is 156 g/mol. The number of rotatable bonds is 3. The van der Waals surface area contributed by atoms with Crippen LogP contribution in [0.3, 0.4) is 0 Å². The SMILES string of the molecule is N=CC1CN(CC(=O)O)C1=O. The van der Waals surface area contributed by atoms with Crippen molar-refractivity contribution in [2.45, 2.75) is 0 Å². The van der Waals surface area contributed by atoms with E-state index in [2.05, 4.69) is 0 Å². The van der Waals surface area contributed by atoms with Gasteiger partial charge in [0.1, 0.15) is 6.54 Å². The molecule has 0 bridgehead atoms. The van der Waals surface area contributed by atoms with Crippen molar-refractivity contribution in [3.8, 4) is 0 Å². The number of nitrogens with one attached hydrogen (secondary N) is 1. The fraction of sp³-hybridized carbons (Fsp3) is 0.500. The van der Waals surface area contributed by atoms with Gasteiger partial charge in [-0.2, -0.15) is 0 Å². The molecule has 0 aromatic heterocycles. The van der Waals surface area contributed by atoms with Crippen LogP contribution in [-0.4, -0.2) is 41.2 Å². The number of hydrogen-bond acceptors (Lipinski definition) is 3. The molecule has 0 aromatic carbocycles. The molecule has 1 unspecified atom stereocenters. The van der Waals surface area contributed by atoms with Gasteiger partial charge in [-0.05, 0) is 0 Å². The summed E-state index contributed by atoms with van der Waals surface area (Å²) in [4.78, 5) is 22.1. The highest BCUT2D eigenvalue weighted by molar-refractivity contribution is 5.99. The van der Waals surface area contributed by atoms with E-state index in [0.29, 0.717) is 6.54 Å². The zero-order chi connectivity index (χ0) is 8.43. The van der Waals surface area contributed by atoms with Crippen molar-refractivity contribution in [1.82, 2.24) is 4.90 Å². The maximum atomic E-state index is 10.8. The van der Waals surface area contributed by atoms with Crippen LogP contribution < -0.4 is 0 Å². The summed E-state index contributed by atoms with van der Waals surface area (Å²) in [5, 5.41) is 15.0. The van der Waals surface area contributed by atoms with Crippen LogP contribution in [0.1, 0.15) is 0 Å². The van der Waals surface area contributed by atoms with Crippen molar-refractivity contribution >= 4 is 18.1 Å². The third-order valence-electron chi connectivity index (χ3n) is 1.57. The normalized spacial score (nSPS) is 22.7. The fourth-order valence-electron chi connectivity index (χ4n) is 0.957. The molecule has 11 heavy (non-hydrogen) atoms. The third kappa shape index (κ3) is 1.36. The number of hydrogen-bond donors (Lipinski definition) is 2. The molecule has 1 saturated heterocycles. The van der Waals surface area contributed by atoms with Gasteiger partial charge in [-0.15, -0.1) is 0 Å². The van der Waals surface area contributed by atoms with Crippen LogP contribution in [0, 0.1) is 11.3 Å². The Morgan fingerprint density at radius 2 is 2.55 bits per heavy atom. The number of carboxylic acid groups (broad SMARTS) is 1. The molecule has 1 aliphatic rings. The van der Waals surface area contributed by atoms with E-state index < -0.39 is 5.97 Å². The van der Waals surface area contributed by atoms with Gasteiger partial charge in [0.2, 0.25) is 5.91 Å². The van der Waals surface area contributed by atoms with Crippen LogP contribution in [0.4, 0.5) is 0 Å². The summed E-state index contributed by atoms with van der Waals surface area (Å²) in [7, 11) is 0. The number of amides is 1. The van der Waals surface area contributed by atoms with Crippen LogP contribution in [0.25, 0.3) is 0 Å². The van der Waals surface area contributed by atoms with Crippen LogP contribution >= 0.6 is 0 Å². The Kier molecular flexibility index (Phi) is 1.89. The molecule has 60 valence electrons. The van der Waals surface area contributed by atoms with Crippen LogP contribution in [0.5, 0.6) is 0 Å². The second kappa shape index (κ2) is 2.69. The van der Waals surface area contributed by atoms with E-state index in [-0.39, 0.29) is 18.4 Å². The van der Waals surface area contributed by atoms with Crippen molar-refractivity contribution in [3.63, 3.8) is 0 Å². The van der Waals surface area contributed by atoms with Crippen molar-refractivity contribution in [2.75, 3.05) is 13.1 Å². The molecule has 5 nitrogen and oxygen atoms in total. The highest BCUT2D eigenvalue weighted by Crippen LogP contribution is 2.13. The van der Waals surface area contributed by atoms with Crippen LogP contribution in [0.2, 0.25) is 0 Å². The number of aliphatic carboxylic acids is 1. The first-order valence-corrected chi connectivity index (χ1v) is 3.16. The van der Waals surface area contributed by atoms with Crippen LogP contribution in [-0.2, 0) is 9.59 Å². The Bertz CT molecular complexity index is 214. The third-order valence-corrected chi connectivity index (χ3v) is 1.57. The number of likely N-dealkylation sites (tertiary alicyclic amines) is 1. The van der Waals surface area contributed by atoms with Gasteiger partial charge in [-0.3, -0.25) is 9.59 Å². The molecule has 0 aromatic rings. The van der Waals surface area contributed by atoms with Gasteiger partial charge in [-0.25, -0.2) is 0 Å². The zero-order valence-electron chi connectivity index (χ0n) is 5.78. The number of nitrogens with zero attached hydrogens (tertiary/aromatic N) is 1. The Morgan fingerprint density at radius 1 is 1.91 bits per heavy atom. The van der Waals surface area contributed by atoms with E-state index in [1.165, 1.54) is 4.90 Å². The van der Waals surface area contributed by atoms with Gasteiger partial charge in [0.15, 0.2) is 0 Å². The Hall–Kier alpha value is -1.39. The van der Waals surface area contributed by atoms with Gasteiger partial charge >= 0.3 is 5.97 Å². The zero-order valence-corrected chi connectivity index (χ0v) is 5.78. The first kappa shape index (κ1) is 7.71. The lowest BCUT2D eigenvalue weighted by atomic mass is 10.0. The first-order chi connectivity index (χ1) is 5.15. The average Bonchev–Trinajstić information content (AvgIpc) is 1.96. The number of carboxylic acids is 1. The van der Waals surface area contributed by atoms with E-state index in [1.54, 1.807) is 0 Å². The lowest BCUT2D eigenvalue weighted by Crippen LogP contribution is -2.54. The lowest BCUT2D eigenvalue weighted by Gasteiger charge is -2.34. The summed E-state index contributed by atoms with van der Waals surface area (Å²) < 4.78 is 0. The predicted molar refractivity (Wildman–Crippen MR) is 36.5 cm³/mol. The van der Waals surface area contributed by atoms with E-state index in [4.69, 9.17) is 10.5 Å². The Labute approximate surface area is 63.1 Å². The summed E-state index contributed by atoms with van der Waals surface area (Å²) in [5.74, 6) is -1.65. The molecule has 0 aliphatic carbocycles. The largest absolute Gasteiger partial charge is 0.480 e. The minimum atomic E-state index is -1.01. The first-order valence-electron chi connectivity index (χ1n) is 3.16. The Morgan fingerprint density at radius 3 is 2.91 bits per heavy atom. The highest BCUT2D eigenvalue weighted by Gasteiger charge is 2.35. The molecule has 5 heteroatoms. The molecule has 2 N–H and O–H groups in total. The van der Waals surface area contributed by atoms with E-state index in [9.17, 15) is 9.59 Å². The Balaban J connectivity index is 2.39.